The number of rotatable bonds is 7. The van der Waals surface area contributed by atoms with E-state index in [1.807, 2.05) is 25.1 Å². The lowest BCUT2D eigenvalue weighted by Crippen LogP contribution is -2.49. The van der Waals surface area contributed by atoms with Crippen molar-refractivity contribution in [2.24, 2.45) is 0 Å². The molecule has 1 atom stereocenters. The van der Waals surface area contributed by atoms with Gasteiger partial charge in [-0.15, -0.1) is 0 Å². The van der Waals surface area contributed by atoms with Crippen LogP contribution in [0.2, 0.25) is 0 Å². The molecular weight excluding hydrogens is 355 g/mol. The van der Waals surface area contributed by atoms with Gasteiger partial charge in [-0.25, -0.2) is 4.39 Å². The molecule has 3 rings (SSSR count). The van der Waals surface area contributed by atoms with Gasteiger partial charge in [0.15, 0.2) is 0 Å². The van der Waals surface area contributed by atoms with Crippen molar-refractivity contribution >= 4 is 5.69 Å². The van der Waals surface area contributed by atoms with Gasteiger partial charge in [-0.05, 0) is 42.2 Å². The van der Waals surface area contributed by atoms with E-state index in [4.69, 9.17) is 4.74 Å². The molecule has 1 fully saturated rings. The van der Waals surface area contributed by atoms with Crippen LogP contribution in [0.15, 0.2) is 42.5 Å². The van der Waals surface area contributed by atoms with Gasteiger partial charge >= 0.3 is 0 Å². The topological polar surface area (TPSA) is 35.9 Å². The van der Waals surface area contributed by atoms with Gasteiger partial charge in [-0.2, -0.15) is 0 Å². The van der Waals surface area contributed by atoms with E-state index in [1.165, 1.54) is 6.07 Å². The van der Waals surface area contributed by atoms with Gasteiger partial charge in [-0.3, -0.25) is 4.90 Å². The van der Waals surface area contributed by atoms with Crippen LogP contribution in [0.4, 0.5) is 10.1 Å². The number of para-hydroxylation sites is 1. The molecule has 0 saturated carbocycles. The van der Waals surface area contributed by atoms with Crippen LogP contribution in [-0.2, 0) is 0 Å². The van der Waals surface area contributed by atoms with E-state index < -0.39 is 6.10 Å². The van der Waals surface area contributed by atoms with E-state index in [-0.39, 0.29) is 12.4 Å². The second kappa shape index (κ2) is 9.39. The fourth-order valence-electron chi connectivity index (χ4n) is 3.66. The summed E-state index contributed by atoms with van der Waals surface area (Å²) in [5.74, 6) is 1.06. The van der Waals surface area contributed by atoms with E-state index in [0.29, 0.717) is 18.2 Å². The summed E-state index contributed by atoms with van der Waals surface area (Å²) in [5.41, 5.74) is 2.97. The van der Waals surface area contributed by atoms with Crippen molar-refractivity contribution in [3.63, 3.8) is 0 Å². The van der Waals surface area contributed by atoms with Crippen LogP contribution in [0.3, 0.4) is 0 Å². The van der Waals surface area contributed by atoms with Gasteiger partial charge in [0.05, 0.1) is 5.69 Å². The molecule has 0 radical (unpaired) electrons. The Kier molecular flexibility index (Phi) is 6.92. The van der Waals surface area contributed by atoms with Crippen molar-refractivity contribution in [3.8, 4) is 5.75 Å². The lowest BCUT2D eigenvalue weighted by atomic mass is 10.0. The molecule has 0 aromatic heterocycles. The molecular formula is C23H31FN2O2. The molecule has 5 heteroatoms. The third-order valence-corrected chi connectivity index (χ3v) is 5.26. The van der Waals surface area contributed by atoms with Gasteiger partial charge in [0.1, 0.15) is 24.3 Å². The second-order valence-electron chi connectivity index (χ2n) is 7.90. The third-order valence-electron chi connectivity index (χ3n) is 5.26. The Morgan fingerprint density at radius 3 is 2.46 bits per heavy atom. The monoisotopic (exact) mass is 386 g/mol. The second-order valence-corrected chi connectivity index (χ2v) is 7.90. The minimum atomic E-state index is -0.555. The Morgan fingerprint density at radius 1 is 1.07 bits per heavy atom. The summed E-state index contributed by atoms with van der Waals surface area (Å²) < 4.78 is 19.9. The van der Waals surface area contributed by atoms with E-state index in [2.05, 4.69) is 35.8 Å². The Bertz CT molecular complexity index is 773. The number of hydrogen-bond acceptors (Lipinski definition) is 4. The van der Waals surface area contributed by atoms with Gasteiger partial charge in [-0.1, -0.05) is 38.1 Å². The molecule has 1 aliphatic heterocycles. The van der Waals surface area contributed by atoms with E-state index in [0.717, 1.165) is 43.1 Å². The quantitative estimate of drug-likeness (QED) is 0.785. The van der Waals surface area contributed by atoms with Crippen LogP contribution in [0, 0.1) is 12.7 Å². The predicted octanol–water partition coefficient (Wildman–Crippen LogP) is 3.82. The molecule has 2 aromatic rings. The van der Waals surface area contributed by atoms with Crippen LogP contribution in [0.1, 0.15) is 30.9 Å². The fourth-order valence-corrected chi connectivity index (χ4v) is 3.66. The normalized spacial score (nSPS) is 16.4. The number of piperazine rings is 1. The van der Waals surface area contributed by atoms with Gasteiger partial charge in [0, 0.05) is 32.7 Å². The predicted molar refractivity (Wildman–Crippen MR) is 112 cm³/mol. The van der Waals surface area contributed by atoms with Crippen molar-refractivity contribution in [3.05, 3.63) is 59.4 Å². The molecule has 0 spiro atoms. The lowest BCUT2D eigenvalue weighted by molar-refractivity contribution is 0.0658. The SMILES string of the molecule is Cc1ccc(C(C)C)c(OC[C@@H](O)CN2CCN(c3ccccc3F)CC2)c1. The zero-order valence-corrected chi connectivity index (χ0v) is 17.1. The molecule has 28 heavy (non-hydrogen) atoms. The first-order valence-corrected chi connectivity index (χ1v) is 10.1. The summed E-state index contributed by atoms with van der Waals surface area (Å²) in [7, 11) is 0. The molecule has 0 bridgehead atoms. The minimum Gasteiger partial charge on any atom is -0.491 e. The summed E-state index contributed by atoms with van der Waals surface area (Å²) in [6.07, 6.45) is -0.555. The zero-order valence-electron chi connectivity index (χ0n) is 17.1. The van der Waals surface area contributed by atoms with Crippen molar-refractivity contribution in [2.75, 3.05) is 44.2 Å². The molecule has 0 unspecified atom stereocenters. The average Bonchev–Trinajstić information content (AvgIpc) is 2.67. The zero-order chi connectivity index (χ0) is 20.1. The number of nitrogens with zero attached hydrogens (tertiary/aromatic N) is 2. The van der Waals surface area contributed by atoms with Gasteiger partial charge in [0.25, 0.3) is 0 Å². The molecule has 2 aromatic carbocycles. The van der Waals surface area contributed by atoms with Crippen LogP contribution in [-0.4, -0.2) is 55.4 Å². The molecule has 0 aliphatic carbocycles. The van der Waals surface area contributed by atoms with Gasteiger partial charge < -0.3 is 14.7 Å². The highest BCUT2D eigenvalue weighted by molar-refractivity contribution is 5.48. The minimum absolute atomic E-state index is 0.177. The summed E-state index contributed by atoms with van der Waals surface area (Å²) in [4.78, 5) is 4.28. The van der Waals surface area contributed by atoms with Crippen molar-refractivity contribution in [1.82, 2.24) is 4.90 Å². The van der Waals surface area contributed by atoms with Crippen LogP contribution >= 0.6 is 0 Å². The molecule has 0 amide bonds. The van der Waals surface area contributed by atoms with Crippen molar-refractivity contribution in [1.29, 1.82) is 0 Å². The summed E-state index contributed by atoms with van der Waals surface area (Å²) in [5, 5.41) is 10.4. The maximum Gasteiger partial charge on any atom is 0.146 e. The maximum atomic E-state index is 13.9. The smallest absolute Gasteiger partial charge is 0.146 e. The number of aliphatic hydroxyl groups excluding tert-OH is 1. The number of β-amino-alcohol motifs (C(OH)–C–C–N with tert-alkyl or cyclic N) is 1. The Labute approximate surface area is 167 Å². The fraction of sp³-hybridized carbons (Fsp3) is 0.478. The number of aryl methyl sites for hydroxylation is 1. The molecule has 1 N–H and O–H groups in total. The summed E-state index contributed by atoms with van der Waals surface area (Å²) in [6.45, 7) is 10.3. The number of ether oxygens (including phenoxy) is 1. The summed E-state index contributed by atoms with van der Waals surface area (Å²) >= 11 is 0. The van der Waals surface area contributed by atoms with Crippen LogP contribution in [0.5, 0.6) is 5.75 Å². The third kappa shape index (κ3) is 5.24. The molecule has 1 aliphatic rings. The maximum absolute atomic E-state index is 13.9. The molecule has 1 saturated heterocycles. The van der Waals surface area contributed by atoms with Crippen molar-refractivity contribution in [2.45, 2.75) is 32.8 Å². The number of halogens is 1. The molecule has 1 heterocycles. The highest BCUT2D eigenvalue weighted by Crippen LogP contribution is 2.27. The number of anilines is 1. The van der Waals surface area contributed by atoms with E-state index in [9.17, 15) is 9.50 Å². The first kappa shape index (κ1) is 20.6. The first-order valence-electron chi connectivity index (χ1n) is 10.1. The molecule has 152 valence electrons. The summed E-state index contributed by atoms with van der Waals surface area (Å²) in [6, 6.07) is 13.1. The Hall–Kier alpha value is -2.11. The van der Waals surface area contributed by atoms with Crippen molar-refractivity contribution < 1.29 is 14.2 Å². The lowest BCUT2D eigenvalue weighted by Gasteiger charge is -2.37. The number of aliphatic hydroxyl groups is 1. The van der Waals surface area contributed by atoms with Crippen LogP contribution < -0.4 is 9.64 Å². The van der Waals surface area contributed by atoms with E-state index in [1.54, 1.807) is 6.07 Å². The number of hydrogen-bond donors (Lipinski definition) is 1. The highest BCUT2D eigenvalue weighted by Gasteiger charge is 2.21. The standard InChI is InChI=1S/C23H31FN2O2/c1-17(2)20-9-8-18(3)14-23(20)28-16-19(27)15-25-10-12-26(13-11-25)22-7-5-4-6-21(22)24/h4-9,14,17,19,27H,10-13,15-16H2,1-3H3/t19-/m0/s1. The van der Waals surface area contributed by atoms with Gasteiger partial charge in [0.2, 0.25) is 0 Å². The Morgan fingerprint density at radius 2 is 1.79 bits per heavy atom. The van der Waals surface area contributed by atoms with E-state index >= 15 is 0 Å². The molecule has 4 nitrogen and oxygen atoms in total. The highest BCUT2D eigenvalue weighted by atomic mass is 19.1. The number of benzene rings is 2. The average molecular weight is 387 g/mol. The first-order chi connectivity index (χ1) is 13.4. The Balaban J connectivity index is 1.48. The van der Waals surface area contributed by atoms with Crippen LogP contribution in [0.25, 0.3) is 0 Å². The largest absolute Gasteiger partial charge is 0.491 e.